The third-order valence-electron chi connectivity index (χ3n) is 1.59. The average Bonchev–Trinajstić information content (AvgIpc) is 2.10. The molecule has 0 spiro atoms. The van der Waals surface area contributed by atoms with Gasteiger partial charge in [0.25, 0.3) is 0 Å². The Labute approximate surface area is 83.5 Å². The summed E-state index contributed by atoms with van der Waals surface area (Å²) in [7, 11) is 1.22. The third kappa shape index (κ3) is 1.58. The summed E-state index contributed by atoms with van der Waals surface area (Å²) in [6.07, 6.45) is 0. The fourth-order valence-corrected chi connectivity index (χ4v) is 1.17. The first-order valence-corrected chi connectivity index (χ1v) is 3.85. The van der Waals surface area contributed by atoms with Gasteiger partial charge >= 0.3 is 5.97 Å². The first kappa shape index (κ1) is 10.6. The van der Waals surface area contributed by atoms with Crippen LogP contribution in [-0.2, 0) is 0 Å². The summed E-state index contributed by atoms with van der Waals surface area (Å²) in [5.74, 6) is -3.65. The molecule has 76 valence electrons. The summed E-state index contributed by atoms with van der Waals surface area (Å²) in [6, 6.07) is 0.939. The van der Waals surface area contributed by atoms with Crippen molar-refractivity contribution in [2.45, 2.75) is 0 Å². The van der Waals surface area contributed by atoms with E-state index in [1.54, 1.807) is 0 Å². The lowest BCUT2D eigenvalue weighted by Crippen LogP contribution is -2.02. The Balaban J connectivity index is 3.49. The number of aromatic hydroxyl groups is 1. The second kappa shape index (κ2) is 3.71. The van der Waals surface area contributed by atoms with Crippen LogP contribution < -0.4 is 4.74 Å². The van der Waals surface area contributed by atoms with Gasteiger partial charge in [-0.2, -0.15) is 0 Å². The van der Waals surface area contributed by atoms with Crippen molar-refractivity contribution in [1.82, 2.24) is 0 Å². The van der Waals surface area contributed by atoms with Gasteiger partial charge in [0.2, 0.25) is 0 Å². The number of carboxylic acids is 1. The molecule has 0 aromatic heterocycles. The van der Waals surface area contributed by atoms with Crippen molar-refractivity contribution in [3.8, 4) is 11.5 Å². The molecule has 1 aromatic carbocycles. The maximum atomic E-state index is 13.2. The number of aromatic carboxylic acids is 1. The lowest BCUT2D eigenvalue weighted by molar-refractivity contribution is 0.0688. The number of carbonyl (C=O) groups is 1. The molecule has 14 heavy (non-hydrogen) atoms. The van der Waals surface area contributed by atoms with E-state index < -0.39 is 28.1 Å². The minimum Gasteiger partial charge on any atom is -0.507 e. The first-order valence-electron chi connectivity index (χ1n) is 3.47. The van der Waals surface area contributed by atoms with Gasteiger partial charge in [-0.1, -0.05) is 11.6 Å². The Bertz CT molecular complexity index is 391. The number of carboxylic acid groups (broad SMARTS) is 1. The summed E-state index contributed by atoms with van der Waals surface area (Å²) in [4.78, 5) is 10.5. The van der Waals surface area contributed by atoms with Gasteiger partial charge in [0, 0.05) is 6.07 Å². The Kier molecular flexibility index (Phi) is 2.81. The van der Waals surface area contributed by atoms with Crippen molar-refractivity contribution in [2.24, 2.45) is 0 Å². The smallest absolute Gasteiger partial charge is 0.342 e. The highest BCUT2D eigenvalue weighted by atomic mass is 35.5. The molecule has 0 fully saturated rings. The summed E-state index contributed by atoms with van der Waals surface area (Å²) in [6.45, 7) is 0. The van der Waals surface area contributed by atoms with Crippen LogP contribution in [0.3, 0.4) is 0 Å². The number of halogens is 2. The van der Waals surface area contributed by atoms with Gasteiger partial charge in [0.15, 0.2) is 5.82 Å². The Hall–Kier alpha value is -1.49. The second-order valence-electron chi connectivity index (χ2n) is 2.41. The number of hydrogen-bond donors (Lipinski definition) is 2. The zero-order valence-electron chi connectivity index (χ0n) is 7.04. The van der Waals surface area contributed by atoms with Crippen LogP contribution in [-0.4, -0.2) is 23.3 Å². The molecule has 1 aromatic rings. The molecule has 0 saturated heterocycles. The van der Waals surface area contributed by atoms with E-state index in [9.17, 15) is 9.18 Å². The SMILES string of the molecule is COc1cc(O)c(C(=O)O)c(F)c1Cl. The van der Waals surface area contributed by atoms with Gasteiger partial charge in [0.1, 0.15) is 22.1 Å². The van der Waals surface area contributed by atoms with E-state index in [1.165, 1.54) is 7.11 Å². The number of hydrogen-bond acceptors (Lipinski definition) is 3. The predicted octanol–water partition coefficient (Wildman–Crippen LogP) is 1.89. The normalized spacial score (nSPS) is 9.93. The minimum atomic E-state index is -1.59. The molecular weight excluding hydrogens is 215 g/mol. The van der Waals surface area contributed by atoms with Gasteiger partial charge in [-0.3, -0.25) is 0 Å². The highest BCUT2D eigenvalue weighted by Gasteiger charge is 2.22. The molecule has 1 rings (SSSR count). The lowest BCUT2D eigenvalue weighted by Gasteiger charge is -2.07. The van der Waals surface area contributed by atoms with Crippen LogP contribution in [0.5, 0.6) is 11.5 Å². The topological polar surface area (TPSA) is 66.8 Å². The van der Waals surface area contributed by atoms with Crippen molar-refractivity contribution in [2.75, 3.05) is 7.11 Å². The zero-order chi connectivity index (χ0) is 10.9. The summed E-state index contributed by atoms with van der Waals surface area (Å²) < 4.78 is 17.8. The van der Waals surface area contributed by atoms with E-state index in [4.69, 9.17) is 21.8 Å². The van der Waals surface area contributed by atoms with E-state index in [1.807, 2.05) is 0 Å². The van der Waals surface area contributed by atoms with Gasteiger partial charge < -0.3 is 14.9 Å². The Morgan fingerprint density at radius 1 is 1.64 bits per heavy atom. The van der Waals surface area contributed by atoms with Crippen molar-refractivity contribution in [1.29, 1.82) is 0 Å². The van der Waals surface area contributed by atoms with E-state index >= 15 is 0 Å². The van der Waals surface area contributed by atoms with Crippen molar-refractivity contribution in [3.05, 3.63) is 22.5 Å². The molecule has 0 aliphatic rings. The number of benzene rings is 1. The van der Waals surface area contributed by atoms with Crippen molar-refractivity contribution >= 4 is 17.6 Å². The van der Waals surface area contributed by atoms with Crippen LogP contribution in [0.1, 0.15) is 10.4 Å². The van der Waals surface area contributed by atoms with Gasteiger partial charge in [-0.05, 0) is 0 Å². The van der Waals surface area contributed by atoms with Crippen LogP contribution >= 0.6 is 11.6 Å². The number of methoxy groups -OCH3 is 1. The minimum absolute atomic E-state index is 0.119. The van der Waals surface area contributed by atoms with Crippen molar-refractivity contribution < 1.29 is 24.1 Å². The number of ether oxygens (including phenoxy) is 1. The van der Waals surface area contributed by atoms with E-state index in [2.05, 4.69) is 4.74 Å². The zero-order valence-corrected chi connectivity index (χ0v) is 7.80. The molecular formula is C8H6ClFO4. The fourth-order valence-electron chi connectivity index (χ4n) is 0.942. The number of rotatable bonds is 2. The number of phenols is 1. The second-order valence-corrected chi connectivity index (χ2v) is 2.78. The predicted molar refractivity (Wildman–Crippen MR) is 46.6 cm³/mol. The van der Waals surface area contributed by atoms with Crippen molar-refractivity contribution in [3.63, 3.8) is 0 Å². The third-order valence-corrected chi connectivity index (χ3v) is 1.94. The molecule has 0 atom stereocenters. The van der Waals surface area contributed by atoms with Gasteiger partial charge in [0.05, 0.1) is 7.11 Å². The molecule has 4 nitrogen and oxygen atoms in total. The molecule has 0 amide bonds. The maximum Gasteiger partial charge on any atom is 0.342 e. The Morgan fingerprint density at radius 3 is 2.64 bits per heavy atom. The Morgan fingerprint density at radius 2 is 2.21 bits per heavy atom. The molecule has 6 heteroatoms. The molecule has 2 N–H and O–H groups in total. The molecule has 0 radical (unpaired) electrons. The maximum absolute atomic E-state index is 13.2. The van der Waals surface area contributed by atoms with E-state index in [0.717, 1.165) is 6.07 Å². The van der Waals surface area contributed by atoms with Gasteiger partial charge in [-0.15, -0.1) is 0 Å². The molecule has 0 unspecified atom stereocenters. The highest BCUT2D eigenvalue weighted by Crippen LogP contribution is 2.35. The molecule has 0 bridgehead atoms. The molecule has 0 aliphatic heterocycles. The monoisotopic (exact) mass is 220 g/mol. The average molecular weight is 221 g/mol. The quantitative estimate of drug-likeness (QED) is 0.799. The summed E-state index contributed by atoms with van der Waals surface area (Å²) >= 11 is 5.44. The molecule has 0 saturated carbocycles. The lowest BCUT2D eigenvalue weighted by atomic mass is 10.2. The summed E-state index contributed by atoms with van der Waals surface area (Å²) in [5, 5.41) is 17.2. The van der Waals surface area contributed by atoms with E-state index in [0.29, 0.717) is 0 Å². The fraction of sp³-hybridized carbons (Fsp3) is 0.125. The van der Waals surface area contributed by atoms with E-state index in [-0.39, 0.29) is 5.75 Å². The largest absolute Gasteiger partial charge is 0.507 e. The standard InChI is InChI=1S/C8H6ClFO4/c1-14-4-2-3(11)5(8(12)13)7(10)6(4)9/h2,11H,1H3,(H,12,13). The molecule has 0 aliphatic carbocycles. The first-order chi connectivity index (χ1) is 6.49. The summed E-state index contributed by atoms with van der Waals surface area (Å²) in [5.41, 5.74) is -0.865. The van der Waals surface area contributed by atoms with Crippen LogP contribution in [0, 0.1) is 5.82 Å². The van der Waals surface area contributed by atoms with Crippen LogP contribution in [0.2, 0.25) is 5.02 Å². The van der Waals surface area contributed by atoms with Crippen LogP contribution in [0.15, 0.2) is 6.07 Å². The van der Waals surface area contributed by atoms with Gasteiger partial charge in [-0.25, -0.2) is 9.18 Å². The van der Waals surface area contributed by atoms with Crippen LogP contribution in [0.25, 0.3) is 0 Å². The highest BCUT2D eigenvalue weighted by molar-refractivity contribution is 6.32. The molecule has 0 heterocycles. The van der Waals surface area contributed by atoms with Crippen LogP contribution in [0.4, 0.5) is 4.39 Å².